The third-order valence-corrected chi connectivity index (χ3v) is 6.22. The summed E-state index contributed by atoms with van der Waals surface area (Å²) in [5.41, 5.74) is 0.348. The smallest absolute Gasteiger partial charge is 0.410 e. The van der Waals surface area contributed by atoms with Gasteiger partial charge in [0, 0.05) is 31.2 Å². The molecule has 0 atom stereocenters. The molecule has 1 aliphatic heterocycles. The van der Waals surface area contributed by atoms with Gasteiger partial charge in [-0.15, -0.1) is 0 Å². The zero-order valence-electron chi connectivity index (χ0n) is 17.3. The van der Waals surface area contributed by atoms with E-state index in [-0.39, 0.29) is 17.4 Å². The van der Waals surface area contributed by atoms with Crippen LogP contribution >= 0.6 is 15.9 Å². The molecule has 2 amide bonds. The first-order chi connectivity index (χ1) is 13.1. The highest BCUT2D eigenvalue weighted by molar-refractivity contribution is 9.10. The van der Waals surface area contributed by atoms with E-state index in [1.54, 1.807) is 11.9 Å². The molecule has 1 saturated heterocycles. The van der Waals surface area contributed by atoms with Gasteiger partial charge in [-0.3, -0.25) is 4.79 Å². The van der Waals surface area contributed by atoms with Crippen LogP contribution in [0.25, 0.3) is 0 Å². The third-order valence-electron chi connectivity index (χ3n) is 5.70. The molecule has 0 unspecified atom stereocenters. The van der Waals surface area contributed by atoms with Crippen molar-refractivity contribution in [1.29, 1.82) is 0 Å². The SMILES string of the molecule is CN(CC1CCN(C(=O)C2(c3ccc(Br)cc3)CC2)CC1)C(=O)OC(C)(C)C. The summed E-state index contributed by atoms with van der Waals surface area (Å²) in [6.45, 7) is 7.84. The Bertz CT molecular complexity index is 714. The Hall–Kier alpha value is -1.56. The molecule has 1 heterocycles. The zero-order chi connectivity index (χ0) is 20.5. The van der Waals surface area contributed by atoms with Gasteiger partial charge in [-0.05, 0) is 70.1 Å². The summed E-state index contributed by atoms with van der Waals surface area (Å²) in [7, 11) is 1.79. The first kappa shape index (κ1) is 21.2. The average Bonchev–Trinajstić information content (AvgIpc) is 3.43. The van der Waals surface area contributed by atoms with Gasteiger partial charge in [-0.25, -0.2) is 4.79 Å². The molecule has 2 aliphatic rings. The Morgan fingerprint density at radius 3 is 2.25 bits per heavy atom. The number of piperidine rings is 1. The summed E-state index contributed by atoms with van der Waals surface area (Å²) in [6, 6.07) is 8.16. The largest absolute Gasteiger partial charge is 0.444 e. The highest BCUT2D eigenvalue weighted by atomic mass is 79.9. The average molecular weight is 451 g/mol. The molecule has 0 bridgehead atoms. The minimum atomic E-state index is -0.479. The Morgan fingerprint density at radius 1 is 1.18 bits per heavy atom. The van der Waals surface area contributed by atoms with E-state index in [0.717, 1.165) is 48.8 Å². The summed E-state index contributed by atoms with van der Waals surface area (Å²) in [5.74, 6) is 0.679. The molecular formula is C22H31BrN2O3. The molecule has 28 heavy (non-hydrogen) atoms. The fraction of sp³-hybridized carbons (Fsp3) is 0.636. The molecule has 154 valence electrons. The van der Waals surface area contributed by atoms with Crippen molar-refractivity contribution < 1.29 is 14.3 Å². The fourth-order valence-electron chi connectivity index (χ4n) is 3.94. The highest BCUT2D eigenvalue weighted by Gasteiger charge is 2.53. The van der Waals surface area contributed by atoms with Crippen LogP contribution in [0.4, 0.5) is 4.79 Å². The number of nitrogens with zero attached hydrogens (tertiary/aromatic N) is 2. The predicted molar refractivity (Wildman–Crippen MR) is 113 cm³/mol. The summed E-state index contributed by atoms with van der Waals surface area (Å²) in [5, 5.41) is 0. The first-order valence-electron chi connectivity index (χ1n) is 10.1. The lowest BCUT2D eigenvalue weighted by atomic mass is 9.91. The van der Waals surface area contributed by atoms with E-state index in [2.05, 4.69) is 28.1 Å². The highest BCUT2D eigenvalue weighted by Crippen LogP contribution is 2.50. The molecule has 1 aromatic rings. The molecule has 6 heteroatoms. The van der Waals surface area contributed by atoms with Crippen molar-refractivity contribution in [2.24, 2.45) is 5.92 Å². The quantitative estimate of drug-likeness (QED) is 0.673. The Balaban J connectivity index is 1.52. The second-order valence-electron chi connectivity index (χ2n) is 9.19. The van der Waals surface area contributed by atoms with Gasteiger partial charge in [0.25, 0.3) is 0 Å². The van der Waals surface area contributed by atoms with E-state index in [1.807, 2.05) is 37.8 Å². The lowest BCUT2D eigenvalue weighted by Gasteiger charge is -2.36. The molecule has 0 spiro atoms. The molecule has 5 nitrogen and oxygen atoms in total. The number of hydrogen-bond donors (Lipinski definition) is 0. The summed E-state index contributed by atoms with van der Waals surface area (Å²) in [6.07, 6.45) is 3.45. The van der Waals surface area contributed by atoms with Crippen LogP contribution in [0, 0.1) is 5.92 Å². The van der Waals surface area contributed by atoms with Crippen molar-refractivity contribution in [2.45, 2.75) is 57.5 Å². The predicted octanol–water partition coefficient (Wildman–Crippen LogP) is 4.59. The number of halogens is 1. The standard InChI is InChI=1S/C22H31BrN2O3/c1-21(2,3)28-20(27)24(4)15-16-9-13-25(14-10-16)19(26)22(11-12-22)17-5-7-18(23)8-6-17/h5-8,16H,9-15H2,1-4H3. The molecular weight excluding hydrogens is 420 g/mol. The van der Waals surface area contributed by atoms with Crippen molar-refractivity contribution in [3.05, 3.63) is 34.3 Å². The molecule has 3 rings (SSSR count). The van der Waals surface area contributed by atoms with Gasteiger partial charge in [0.15, 0.2) is 0 Å². The maximum absolute atomic E-state index is 13.2. The number of rotatable bonds is 4. The number of carbonyl (C=O) groups is 2. The van der Waals surface area contributed by atoms with Crippen LogP contribution in [-0.4, -0.2) is 54.1 Å². The third kappa shape index (κ3) is 4.88. The van der Waals surface area contributed by atoms with Crippen molar-refractivity contribution in [2.75, 3.05) is 26.7 Å². The molecule has 2 fully saturated rings. The zero-order valence-corrected chi connectivity index (χ0v) is 18.9. The fourth-order valence-corrected chi connectivity index (χ4v) is 4.21. The second-order valence-corrected chi connectivity index (χ2v) is 10.1. The number of amides is 2. The maximum atomic E-state index is 13.2. The van der Waals surface area contributed by atoms with Gasteiger partial charge in [0.1, 0.15) is 5.60 Å². The van der Waals surface area contributed by atoms with Crippen molar-refractivity contribution >= 4 is 27.9 Å². The van der Waals surface area contributed by atoms with E-state index in [0.29, 0.717) is 12.5 Å². The van der Waals surface area contributed by atoms with Gasteiger partial charge in [-0.1, -0.05) is 28.1 Å². The number of hydrogen-bond acceptors (Lipinski definition) is 3. The van der Waals surface area contributed by atoms with Crippen LogP contribution in [0.15, 0.2) is 28.7 Å². The number of likely N-dealkylation sites (tertiary alicyclic amines) is 1. The Kier molecular flexibility index (Phi) is 6.08. The van der Waals surface area contributed by atoms with E-state index >= 15 is 0 Å². The second kappa shape index (κ2) is 8.05. The van der Waals surface area contributed by atoms with Crippen molar-refractivity contribution in [3.8, 4) is 0 Å². The lowest BCUT2D eigenvalue weighted by molar-refractivity contribution is -0.135. The summed E-state index contributed by atoms with van der Waals surface area (Å²) in [4.78, 5) is 29.0. The lowest BCUT2D eigenvalue weighted by Crippen LogP contribution is -2.46. The van der Waals surface area contributed by atoms with Crippen LogP contribution in [-0.2, 0) is 14.9 Å². The summed E-state index contributed by atoms with van der Waals surface area (Å²) < 4.78 is 6.47. The molecule has 1 saturated carbocycles. The Morgan fingerprint density at radius 2 is 1.75 bits per heavy atom. The van der Waals surface area contributed by atoms with E-state index in [9.17, 15) is 9.59 Å². The van der Waals surface area contributed by atoms with Gasteiger partial charge in [0.05, 0.1) is 5.41 Å². The van der Waals surface area contributed by atoms with Gasteiger partial charge >= 0.3 is 6.09 Å². The first-order valence-corrected chi connectivity index (χ1v) is 10.9. The molecule has 0 N–H and O–H groups in total. The van der Waals surface area contributed by atoms with Crippen LogP contribution in [0.2, 0.25) is 0 Å². The van der Waals surface area contributed by atoms with Crippen LogP contribution in [0.3, 0.4) is 0 Å². The molecule has 1 aromatic carbocycles. The van der Waals surface area contributed by atoms with Crippen LogP contribution in [0.1, 0.15) is 52.0 Å². The number of carbonyl (C=O) groups excluding carboxylic acids is 2. The van der Waals surface area contributed by atoms with Crippen LogP contribution < -0.4 is 0 Å². The van der Waals surface area contributed by atoms with E-state index in [1.165, 1.54) is 0 Å². The molecule has 0 radical (unpaired) electrons. The molecule has 1 aliphatic carbocycles. The number of benzene rings is 1. The van der Waals surface area contributed by atoms with E-state index in [4.69, 9.17) is 4.74 Å². The monoisotopic (exact) mass is 450 g/mol. The van der Waals surface area contributed by atoms with Gasteiger partial charge < -0.3 is 14.5 Å². The Labute approximate surface area is 176 Å². The molecule has 0 aromatic heterocycles. The minimum absolute atomic E-state index is 0.272. The van der Waals surface area contributed by atoms with Crippen molar-refractivity contribution in [1.82, 2.24) is 9.80 Å². The van der Waals surface area contributed by atoms with Crippen LogP contribution in [0.5, 0.6) is 0 Å². The normalized spacial score (nSPS) is 19.2. The number of ether oxygens (including phenoxy) is 1. The maximum Gasteiger partial charge on any atom is 0.410 e. The minimum Gasteiger partial charge on any atom is -0.444 e. The van der Waals surface area contributed by atoms with Gasteiger partial charge in [0.2, 0.25) is 5.91 Å². The van der Waals surface area contributed by atoms with Gasteiger partial charge in [-0.2, -0.15) is 0 Å². The van der Waals surface area contributed by atoms with E-state index < -0.39 is 5.60 Å². The topological polar surface area (TPSA) is 49.9 Å². The summed E-state index contributed by atoms with van der Waals surface area (Å²) >= 11 is 3.47. The van der Waals surface area contributed by atoms with Crippen molar-refractivity contribution in [3.63, 3.8) is 0 Å².